The largest absolute Gasteiger partial charge is 0.465 e. The highest BCUT2D eigenvalue weighted by Crippen LogP contribution is 2.12. The van der Waals surface area contributed by atoms with Gasteiger partial charge in [0.2, 0.25) is 5.91 Å². The topological polar surface area (TPSA) is 58.6 Å². The highest BCUT2D eigenvalue weighted by atomic mass is 35.5. The van der Waals surface area contributed by atoms with Crippen LogP contribution in [0.25, 0.3) is 0 Å². The second-order valence-electron chi connectivity index (χ2n) is 4.84. The molecular formula is C15H21ClN2O3. The van der Waals surface area contributed by atoms with Gasteiger partial charge >= 0.3 is 5.97 Å². The number of rotatable bonds is 6. The maximum absolute atomic E-state index is 12.3. The Bertz CT molecular complexity index is 463. The molecule has 21 heavy (non-hydrogen) atoms. The van der Waals surface area contributed by atoms with Crippen molar-refractivity contribution in [3.63, 3.8) is 0 Å². The van der Waals surface area contributed by atoms with E-state index in [4.69, 9.17) is 4.74 Å². The van der Waals surface area contributed by atoms with E-state index in [0.717, 1.165) is 5.56 Å². The molecule has 0 aromatic heterocycles. The lowest BCUT2D eigenvalue weighted by Gasteiger charge is -2.32. The molecule has 6 heteroatoms. The summed E-state index contributed by atoms with van der Waals surface area (Å²) < 4.78 is 4.94. The lowest BCUT2D eigenvalue weighted by molar-refractivity contribution is -0.151. The summed E-state index contributed by atoms with van der Waals surface area (Å²) in [5, 5.41) is 3.08. The normalized spacial score (nSPS) is 13.8. The first-order valence-corrected chi connectivity index (χ1v) is 6.89. The van der Waals surface area contributed by atoms with Crippen LogP contribution >= 0.6 is 12.4 Å². The van der Waals surface area contributed by atoms with Crippen molar-refractivity contribution in [3.05, 3.63) is 35.9 Å². The van der Waals surface area contributed by atoms with Gasteiger partial charge in [-0.05, 0) is 12.5 Å². The van der Waals surface area contributed by atoms with Crippen LogP contribution in [0.1, 0.15) is 12.5 Å². The second kappa shape index (κ2) is 8.64. The van der Waals surface area contributed by atoms with Crippen molar-refractivity contribution in [2.45, 2.75) is 13.5 Å². The first-order chi connectivity index (χ1) is 9.70. The number of hydrogen-bond acceptors (Lipinski definition) is 4. The molecule has 1 amide bonds. The number of amides is 1. The van der Waals surface area contributed by atoms with Gasteiger partial charge in [-0.3, -0.25) is 9.59 Å². The van der Waals surface area contributed by atoms with Gasteiger partial charge in [-0.1, -0.05) is 30.3 Å². The van der Waals surface area contributed by atoms with E-state index in [1.807, 2.05) is 30.3 Å². The molecule has 116 valence electrons. The molecule has 1 fully saturated rings. The van der Waals surface area contributed by atoms with Crippen LogP contribution in [0.15, 0.2) is 30.3 Å². The lowest BCUT2D eigenvalue weighted by atomic mass is 10.0. The summed E-state index contributed by atoms with van der Waals surface area (Å²) in [6.45, 7) is 3.92. The zero-order chi connectivity index (χ0) is 14.4. The predicted octanol–water partition coefficient (Wildman–Crippen LogP) is 1.22. The van der Waals surface area contributed by atoms with Crippen molar-refractivity contribution in [3.8, 4) is 0 Å². The molecule has 0 radical (unpaired) electrons. The van der Waals surface area contributed by atoms with Gasteiger partial charge in [0.1, 0.15) is 6.54 Å². The Hall–Kier alpha value is -1.59. The molecule has 0 bridgehead atoms. The maximum Gasteiger partial charge on any atom is 0.325 e. The van der Waals surface area contributed by atoms with Crippen LogP contribution in [0, 0.1) is 5.92 Å². The monoisotopic (exact) mass is 312 g/mol. The van der Waals surface area contributed by atoms with Gasteiger partial charge in [0.25, 0.3) is 0 Å². The summed E-state index contributed by atoms with van der Waals surface area (Å²) in [6, 6.07) is 9.67. The number of esters is 1. The van der Waals surface area contributed by atoms with E-state index in [9.17, 15) is 9.59 Å². The highest BCUT2D eigenvalue weighted by molar-refractivity contribution is 5.85. The van der Waals surface area contributed by atoms with Crippen molar-refractivity contribution in [1.82, 2.24) is 10.2 Å². The van der Waals surface area contributed by atoms with Crippen LogP contribution in [0.3, 0.4) is 0 Å². The van der Waals surface area contributed by atoms with Gasteiger partial charge in [-0.15, -0.1) is 12.4 Å². The number of nitrogens with zero attached hydrogens (tertiary/aromatic N) is 1. The fourth-order valence-corrected chi connectivity index (χ4v) is 2.10. The first-order valence-electron chi connectivity index (χ1n) is 6.89. The molecular weight excluding hydrogens is 292 g/mol. The van der Waals surface area contributed by atoms with Crippen molar-refractivity contribution >= 4 is 24.3 Å². The van der Waals surface area contributed by atoms with Gasteiger partial charge in [0, 0.05) is 19.6 Å². The minimum atomic E-state index is -0.357. The number of carbonyl (C=O) groups excluding carboxylic acids is 2. The van der Waals surface area contributed by atoms with Crippen LogP contribution in [0.4, 0.5) is 0 Å². The van der Waals surface area contributed by atoms with Crippen molar-refractivity contribution < 1.29 is 14.3 Å². The minimum Gasteiger partial charge on any atom is -0.465 e. The summed E-state index contributed by atoms with van der Waals surface area (Å²) in [4.78, 5) is 25.6. The molecule has 0 spiro atoms. The van der Waals surface area contributed by atoms with Gasteiger partial charge in [-0.2, -0.15) is 0 Å². The van der Waals surface area contributed by atoms with Crippen molar-refractivity contribution in [1.29, 1.82) is 0 Å². The summed E-state index contributed by atoms with van der Waals surface area (Å²) in [6.07, 6.45) is 0. The van der Waals surface area contributed by atoms with Gasteiger partial charge in [0.05, 0.1) is 12.5 Å². The van der Waals surface area contributed by atoms with E-state index in [1.165, 1.54) is 0 Å². The van der Waals surface area contributed by atoms with Gasteiger partial charge in [-0.25, -0.2) is 0 Å². The van der Waals surface area contributed by atoms with E-state index in [2.05, 4.69) is 5.32 Å². The predicted molar refractivity (Wildman–Crippen MR) is 82.1 cm³/mol. The third kappa shape index (κ3) is 5.02. The Morgan fingerprint density at radius 2 is 1.95 bits per heavy atom. The molecule has 5 nitrogen and oxygen atoms in total. The molecule has 1 aliphatic heterocycles. The minimum absolute atomic E-state index is 0. The van der Waals surface area contributed by atoms with Crippen LogP contribution in [0.2, 0.25) is 0 Å². The zero-order valence-electron chi connectivity index (χ0n) is 12.1. The van der Waals surface area contributed by atoms with Crippen molar-refractivity contribution in [2.24, 2.45) is 5.92 Å². The Morgan fingerprint density at radius 1 is 1.29 bits per heavy atom. The third-order valence-electron chi connectivity index (χ3n) is 3.28. The third-order valence-corrected chi connectivity index (χ3v) is 3.28. The second-order valence-corrected chi connectivity index (χ2v) is 4.84. The number of benzene rings is 1. The molecule has 1 aromatic rings. The SMILES string of the molecule is CCOC(=O)CN(Cc1ccccc1)C(=O)C1CNC1.Cl. The molecule has 0 aliphatic carbocycles. The van der Waals surface area contributed by atoms with Gasteiger partial charge in [0.15, 0.2) is 0 Å². The molecule has 0 atom stereocenters. The number of ether oxygens (including phenoxy) is 1. The molecule has 1 aliphatic rings. The van der Waals surface area contributed by atoms with Crippen molar-refractivity contribution in [2.75, 3.05) is 26.2 Å². The molecule has 1 saturated heterocycles. The molecule has 1 aromatic carbocycles. The number of halogens is 1. The quantitative estimate of drug-likeness (QED) is 0.803. The standard InChI is InChI=1S/C15H20N2O3.ClH/c1-2-20-14(18)11-17(15(19)13-8-16-9-13)10-12-6-4-3-5-7-12;/h3-7,13,16H,2,8-11H2,1H3;1H. The Balaban J connectivity index is 0.00000220. The Morgan fingerprint density at radius 3 is 2.48 bits per heavy atom. The van der Waals surface area contributed by atoms with E-state index in [-0.39, 0.29) is 36.7 Å². The average molecular weight is 313 g/mol. The summed E-state index contributed by atoms with van der Waals surface area (Å²) in [5.74, 6) is -0.363. The summed E-state index contributed by atoms with van der Waals surface area (Å²) >= 11 is 0. The molecule has 1 N–H and O–H groups in total. The van der Waals surface area contributed by atoms with Crippen LogP contribution in [0.5, 0.6) is 0 Å². The van der Waals surface area contributed by atoms with Gasteiger partial charge < -0.3 is 15.0 Å². The maximum atomic E-state index is 12.3. The van der Waals surface area contributed by atoms with E-state index in [0.29, 0.717) is 26.2 Å². The van der Waals surface area contributed by atoms with E-state index >= 15 is 0 Å². The fraction of sp³-hybridized carbons (Fsp3) is 0.467. The smallest absolute Gasteiger partial charge is 0.325 e. The number of hydrogen-bond donors (Lipinski definition) is 1. The first kappa shape index (κ1) is 17.5. The van der Waals surface area contributed by atoms with Crippen LogP contribution in [-0.2, 0) is 20.9 Å². The fourth-order valence-electron chi connectivity index (χ4n) is 2.10. The lowest BCUT2D eigenvalue weighted by Crippen LogP contribution is -2.52. The Labute approximate surface area is 131 Å². The Kier molecular flexibility index (Phi) is 7.19. The van der Waals surface area contributed by atoms with Crippen LogP contribution in [-0.4, -0.2) is 43.0 Å². The molecule has 1 heterocycles. The molecule has 2 rings (SSSR count). The molecule has 0 unspecified atom stereocenters. The number of carbonyl (C=O) groups is 2. The summed E-state index contributed by atoms with van der Waals surface area (Å²) in [7, 11) is 0. The molecule has 0 saturated carbocycles. The summed E-state index contributed by atoms with van der Waals surface area (Å²) in [5.41, 5.74) is 1.01. The van der Waals surface area contributed by atoms with Crippen LogP contribution < -0.4 is 5.32 Å². The average Bonchev–Trinajstić information content (AvgIpc) is 2.37. The zero-order valence-corrected chi connectivity index (χ0v) is 12.9. The van der Waals surface area contributed by atoms with E-state index in [1.54, 1.807) is 11.8 Å². The van der Waals surface area contributed by atoms with E-state index < -0.39 is 0 Å². The number of nitrogens with one attached hydrogen (secondary N) is 1. The highest BCUT2D eigenvalue weighted by Gasteiger charge is 2.30.